The Balaban J connectivity index is 1.89. The highest BCUT2D eigenvalue weighted by molar-refractivity contribution is 5.88. The molecule has 1 aliphatic rings. The molecule has 1 N–H and O–H groups in total. The van der Waals surface area contributed by atoms with E-state index >= 15 is 0 Å². The summed E-state index contributed by atoms with van der Waals surface area (Å²) in [7, 11) is 1.56. The van der Waals surface area contributed by atoms with Gasteiger partial charge < -0.3 is 10.0 Å². The smallest absolute Gasteiger partial charge is 0.311 e. The van der Waals surface area contributed by atoms with Crippen molar-refractivity contribution in [3.8, 4) is 0 Å². The van der Waals surface area contributed by atoms with E-state index in [1.807, 2.05) is 0 Å². The summed E-state index contributed by atoms with van der Waals surface area (Å²) in [6.07, 6.45) is 1.27. The maximum absolute atomic E-state index is 12.7. The zero-order chi connectivity index (χ0) is 18.2. The van der Waals surface area contributed by atoms with E-state index < -0.39 is 11.4 Å². The first-order chi connectivity index (χ1) is 11.8. The monoisotopic (exact) mass is 343 g/mol. The van der Waals surface area contributed by atoms with E-state index in [0.717, 1.165) is 0 Å². The Morgan fingerprint density at radius 2 is 1.96 bits per heavy atom. The number of hydrogen-bond acceptors (Lipinski definition) is 4. The Hall–Kier alpha value is -2.70. The number of carbonyl (C=O) groups excluding carboxylic acids is 1. The molecule has 1 unspecified atom stereocenters. The maximum atomic E-state index is 12.7. The minimum atomic E-state index is -0.910. The van der Waals surface area contributed by atoms with Crippen LogP contribution in [0.15, 0.2) is 29.1 Å². The highest BCUT2D eigenvalue weighted by atomic mass is 16.4. The van der Waals surface area contributed by atoms with Crippen molar-refractivity contribution in [1.29, 1.82) is 0 Å². The largest absolute Gasteiger partial charge is 0.481 e. The number of nitrogens with zero attached hydrogens (tertiary/aromatic N) is 3. The van der Waals surface area contributed by atoms with Gasteiger partial charge in [-0.05, 0) is 25.8 Å². The van der Waals surface area contributed by atoms with E-state index in [0.29, 0.717) is 35.9 Å². The van der Waals surface area contributed by atoms with Crippen LogP contribution < -0.4 is 5.56 Å². The van der Waals surface area contributed by atoms with Gasteiger partial charge in [-0.15, -0.1) is 0 Å². The third-order valence-corrected chi connectivity index (χ3v) is 4.92. The van der Waals surface area contributed by atoms with E-state index in [4.69, 9.17) is 0 Å². The second kappa shape index (κ2) is 6.31. The molecule has 3 rings (SSSR count). The van der Waals surface area contributed by atoms with Crippen LogP contribution in [0.1, 0.15) is 25.5 Å². The van der Waals surface area contributed by atoms with Crippen molar-refractivity contribution in [3.63, 3.8) is 0 Å². The summed E-state index contributed by atoms with van der Waals surface area (Å²) >= 11 is 0. The van der Waals surface area contributed by atoms with Gasteiger partial charge in [0.05, 0.1) is 22.9 Å². The van der Waals surface area contributed by atoms with E-state index in [-0.39, 0.29) is 24.4 Å². The summed E-state index contributed by atoms with van der Waals surface area (Å²) in [6, 6.07) is 7.08. The van der Waals surface area contributed by atoms with E-state index in [2.05, 4.69) is 5.10 Å². The number of piperidine rings is 1. The van der Waals surface area contributed by atoms with Gasteiger partial charge in [-0.25, -0.2) is 4.68 Å². The van der Waals surface area contributed by atoms with Crippen LogP contribution in [0.5, 0.6) is 0 Å². The molecule has 2 aromatic rings. The second-order valence-corrected chi connectivity index (χ2v) is 6.88. The van der Waals surface area contributed by atoms with Gasteiger partial charge >= 0.3 is 5.97 Å². The SMILES string of the molecule is Cn1nc(CC(=O)N2CCCC(C)(C(=O)O)C2)c2ccccc2c1=O. The number of rotatable bonds is 3. The second-order valence-electron chi connectivity index (χ2n) is 6.88. The number of hydrogen-bond donors (Lipinski definition) is 1. The molecule has 0 radical (unpaired) electrons. The number of carbonyl (C=O) groups is 2. The number of aryl methyl sites for hydroxylation is 1. The minimum Gasteiger partial charge on any atom is -0.481 e. The van der Waals surface area contributed by atoms with Gasteiger partial charge in [-0.2, -0.15) is 5.10 Å². The summed E-state index contributed by atoms with van der Waals surface area (Å²) in [4.78, 5) is 38.0. The van der Waals surface area contributed by atoms with Crippen molar-refractivity contribution in [3.05, 3.63) is 40.3 Å². The standard InChI is InChI=1S/C18H21N3O4/c1-18(17(24)25)8-5-9-21(11-18)15(22)10-14-12-6-3-4-7-13(12)16(23)20(2)19-14/h3-4,6-7H,5,8-11H2,1-2H3,(H,24,25). The summed E-state index contributed by atoms with van der Waals surface area (Å²) < 4.78 is 1.24. The number of carboxylic acid groups (broad SMARTS) is 1. The summed E-state index contributed by atoms with van der Waals surface area (Å²) in [5.74, 6) is -1.04. The van der Waals surface area contributed by atoms with Gasteiger partial charge in [0.25, 0.3) is 5.56 Å². The fraction of sp³-hybridized carbons (Fsp3) is 0.444. The highest BCUT2D eigenvalue weighted by Gasteiger charge is 2.39. The first kappa shape index (κ1) is 17.1. The Morgan fingerprint density at radius 1 is 1.28 bits per heavy atom. The quantitative estimate of drug-likeness (QED) is 0.904. The average Bonchev–Trinajstić information content (AvgIpc) is 2.59. The van der Waals surface area contributed by atoms with Gasteiger partial charge in [0.1, 0.15) is 0 Å². The molecule has 1 saturated heterocycles. The number of aliphatic carboxylic acids is 1. The van der Waals surface area contributed by atoms with Crippen LogP contribution in [0.4, 0.5) is 0 Å². The first-order valence-corrected chi connectivity index (χ1v) is 8.28. The van der Waals surface area contributed by atoms with Crippen LogP contribution in [-0.2, 0) is 23.1 Å². The molecule has 7 nitrogen and oxygen atoms in total. The fourth-order valence-electron chi connectivity index (χ4n) is 3.39. The Morgan fingerprint density at radius 3 is 2.64 bits per heavy atom. The van der Waals surface area contributed by atoms with Crippen molar-refractivity contribution >= 4 is 22.6 Å². The summed E-state index contributed by atoms with van der Waals surface area (Å²) in [5.41, 5.74) is -0.582. The average molecular weight is 343 g/mol. The van der Waals surface area contributed by atoms with Crippen molar-refractivity contribution < 1.29 is 14.7 Å². The normalized spacial score (nSPS) is 20.6. The van der Waals surface area contributed by atoms with Gasteiger partial charge in [-0.1, -0.05) is 18.2 Å². The Bertz CT molecular complexity index is 905. The van der Waals surface area contributed by atoms with Crippen molar-refractivity contribution in [2.24, 2.45) is 12.5 Å². The zero-order valence-electron chi connectivity index (χ0n) is 14.4. The van der Waals surface area contributed by atoms with Crippen LogP contribution in [0.2, 0.25) is 0 Å². The lowest BCUT2D eigenvalue weighted by molar-refractivity contribution is -0.153. The third-order valence-electron chi connectivity index (χ3n) is 4.92. The molecule has 0 bridgehead atoms. The maximum Gasteiger partial charge on any atom is 0.311 e. The first-order valence-electron chi connectivity index (χ1n) is 8.28. The van der Waals surface area contributed by atoms with Crippen LogP contribution >= 0.6 is 0 Å². The molecular formula is C18H21N3O4. The molecule has 1 aromatic heterocycles. The molecule has 1 atom stereocenters. The topological polar surface area (TPSA) is 92.5 Å². The molecule has 0 saturated carbocycles. The number of amides is 1. The lowest BCUT2D eigenvalue weighted by Crippen LogP contribution is -2.48. The predicted molar refractivity (Wildman–Crippen MR) is 92.2 cm³/mol. The number of aromatic nitrogens is 2. The van der Waals surface area contributed by atoms with Crippen molar-refractivity contribution in [2.75, 3.05) is 13.1 Å². The molecule has 25 heavy (non-hydrogen) atoms. The predicted octanol–water partition coefficient (Wildman–Crippen LogP) is 1.19. The minimum absolute atomic E-state index is 0.0460. The van der Waals surface area contributed by atoms with Gasteiger partial charge in [0, 0.05) is 25.5 Å². The molecule has 2 heterocycles. The molecule has 0 spiro atoms. The van der Waals surface area contributed by atoms with E-state index in [9.17, 15) is 19.5 Å². The zero-order valence-corrected chi connectivity index (χ0v) is 14.4. The molecule has 132 valence electrons. The van der Waals surface area contributed by atoms with E-state index in [1.165, 1.54) is 4.68 Å². The fourth-order valence-corrected chi connectivity index (χ4v) is 3.39. The summed E-state index contributed by atoms with van der Waals surface area (Å²) in [5, 5.41) is 14.8. The third kappa shape index (κ3) is 3.14. The molecule has 0 aliphatic carbocycles. The lowest BCUT2D eigenvalue weighted by atomic mass is 9.82. The lowest BCUT2D eigenvalue weighted by Gasteiger charge is -2.37. The number of likely N-dealkylation sites (tertiary alicyclic amines) is 1. The summed E-state index contributed by atoms with van der Waals surface area (Å²) in [6.45, 7) is 2.42. The number of carboxylic acids is 1. The molecule has 1 amide bonds. The molecule has 1 aliphatic heterocycles. The molecular weight excluding hydrogens is 322 g/mol. The number of fused-ring (bicyclic) bond motifs is 1. The Kier molecular flexibility index (Phi) is 4.32. The van der Waals surface area contributed by atoms with Crippen LogP contribution in [0.3, 0.4) is 0 Å². The van der Waals surface area contributed by atoms with Crippen molar-refractivity contribution in [2.45, 2.75) is 26.2 Å². The van der Waals surface area contributed by atoms with Crippen LogP contribution in [-0.4, -0.2) is 44.8 Å². The van der Waals surface area contributed by atoms with Gasteiger partial charge in [-0.3, -0.25) is 14.4 Å². The Labute approximate surface area is 144 Å². The molecule has 1 fully saturated rings. The molecule has 1 aromatic carbocycles. The van der Waals surface area contributed by atoms with Crippen LogP contribution in [0.25, 0.3) is 10.8 Å². The highest BCUT2D eigenvalue weighted by Crippen LogP contribution is 2.30. The van der Waals surface area contributed by atoms with Gasteiger partial charge in [0.2, 0.25) is 5.91 Å². The number of benzene rings is 1. The van der Waals surface area contributed by atoms with Crippen LogP contribution in [0, 0.1) is 5.41 Å². The molecule has 7 heteroatoms. The van der Waals surface area contributed by atoms with Gasteiger partial charge in [0.15, 0.2) is 0 Å². The van der Waals surface area contributed by atoms with Crippen molar-refractivity contribution in [1.82, 2.24) is 14.7 Å². The van der Waals surface area contributed by atoms with E-state index in [1.54, 1.807) is 43.1 Å².